The van der Waals surface area contributed by atoms with Crippen LogP contribution in [0.3, 0.4) is 0 Å². The molecule has 1 atom stereocenters. The van der Waals surface area contributed by atoms with E-state index in [2.05, 4.69) is 37.6 Å². The van der Waals surface area contributed by atoms with Crippen molar-refractivity contribution in [1.82, 2.24) is 9.80 Å². The summed E-state index contributed by atoms with van der Waals surface area (Å²) in [6, 6.07) is 1.43. The second-order valence-corrected chi connectivity index (χ2v) is 6.57. The number of piperidine rings is 1. The van der Waals surface area contributed by atoms with Crippen LogP contribution in [0.2, 0.25) is 0 Å². The third kappa shape index (κ3) is 3.21. The van der Waals surface area contributed by atoms with E-state index in [0.717, 1.165) is 19.3 Å². The van der Waals surface area contributed by atoms with Crippen LogP contribution in [0.15, 0.2) is 0 Å². The van der Waals surface area contributed by atoms with E-state index in [4.69, 9.17) is 4.74 Å². The Labute approximate surface area is 106 Å². The van der Waals surface area contributed by atoms with E-state index in [9.17, 15) is 0 Å². The number of ether oxygens (including phenoxy) is 1. The van der Waals surface area contributed by atoms with Crippen molar-refractivity contribution in [2.24, 2.45) is 0 Å². The van der Waals surface area contributed by atoms with Crippen molar-refractivity contribution in [2.75, 3.05) is 33.4 Å². The quantitative estimate of drug-likeness (QED) is 0.734. The van der Waals surface area contributed by atoms with Gasteiger partial charge in [-0.1, -0.05) is 0 Å². The van der Waals surface area contributed by atoms with Gasteiger partial charge in [-0.2, -0.15) is 0 Å². The molecule has 2 saturated heterocycles. The van der Waals surface area contributed by atoms with Crippen LogP contribution >= 0.6 is 0 Å². The van der Waals surface area contributed by atoms with Crippen LogP contribution in [-0.2, 0) is 4.74 Å². The number of likely N-dealkylation sites (N-methyl/N-ethyl adjacent to an activating group) is 1. The average molecular weight is 240 g/mol. The lowest BCUT2D eigenvalue weighted by atomic mass is 9.96. The Morgan fingerprint density at radius 3 is 2.18 bits per heavy atom. The molecule has 3 nitrogen and oxygen atoms in total. The van der Waals surface area contributed by atoms with E-state index in [0.29, 0.717) is 11.6 Å². The van der Waals surface area contributed by atoms with Crippen molar-refractivity contribution in [3.63, 3.8) is 0 Å². The molecule has 0 aromatic rings. The molecule has 0 aromatic heterocycles. The van der Waals surface area contributed by atoms with Crippen molar-refractivity contribution in [2.45, 2.75) is 57.7 Å². The number of likely N-dealkylation sites (tertiary alicyclic amines) is 1. The van der Waals surface area contributed by atoms with Crippen molar-refractivity contribution in [3.05, 3.63) is 0 Å². The molecule has 0 radical (unpaired) electrons. The summed E-state index contributed by atoms with van der Waals surface area (Å²) in [7, 11) is 2.29. The van der Waals surface area contributed by atoms with Crippen LogP contribution < -0.4 is 0 Å². The van der Waals surface area contributed by atoms with Crippen LogP contribution in [-0.4, -0.2) is 60.8 Å². The Kier molecular flexibility index (Phi) is 4.11. The highest BCUT2D eigenvalue weighted by molar-refractivity contribution is 4.87. The molecule has 100 valence electrons. The number of rotatable bonds is 2. The lowest BCUT2D eigenvalue weighted by molar-refractivity contribution is 0.0471. The van der Waals surface area contributed by atoms with Gasteiger partial charge in [0.05, 0.1) is 6.61 Å². The summed E-state index contributed by atoms with van der Waals surface area (Å²) in [6.45, 7) is 11.3. The fourth-order valence-corrected chi connectivity index (χ4v) is 3.09. The topological polar surface area (TPSA) is 15.7 Å². The SMILES string of the molecule is CN(C1CCN(C(C)(C)C)CC1)[C@@H]1CCOC1. The van der Waals surface area contributed by atoms with E-state index in [1.165, 1.54) is 32.4 Å². The molecule has 2 fully saturated rings. The minimum Gasteiger partial charge on any atom is -0.380 e. The highest BCUT2D eigenvalue weighted by atomic mass is 16.5. The maximum atomic E-state index is 5.49. The summed E-state index contributed by atoms with van der Waals surface area (Å²) in [5.74, 6) is 0. The maximum Gasteiger partial charge on any atom is 0.0622 e. The van der Waals surface area contributed by atoms with Gasteiger partial charge < -0.3 is 4.74 Å². The lowest BCUT2D eigenvalue weighted by Crippen LogP contribution is -2.52. The Bertz CT molecular complexity index is 235. The zero-order valence-electron chi connectivity index (χ0n) is 11.9. The average Bonchev–Trinajstić information content (AvgIpc) is 2.80. The molecule has 2 heterocycles. The normalized spacial score (nSPS) is 29.1. The summed E-state index contributed by atoms with van der Waals surface area (Å²) in [4.78, 5) is 5.19. The molecule has 3 heteroatoms. The highest BCUT2D eigenvalue weighted by Gasteiger charge is 2.31. The van der Waals surface area contributed by atoms with Gasteiger partial charge in [0.2, 0.25) is 0 Å². The first kappa shape index (κ1) is 13.3. The molecule has 0 amide bonds. The van der Waals surface area contributed by atoms with Crippen LogP contribution in [0, 0.1) is 0 Å². The number of hydrogen-bond donors (Lipinski definition) is 0. The molecule has 2 rings (SSSR count). The molecule has 0 N–H and O–H groups in total. The summed E-state index contributed by atoms with van der Waals surface area (Å²) in [5.41, 5.74) is 0.333. The van der Waals surface area contributed by atoms with Gasteiger partial charge in [-0.25, -0.2) is 0 Å². The van der Waals surface area contributed by atoms with E-state index in [-0.39, 0.29) is 0 Å². The minimum atomic E-state index is 0.333. The van der Waals surface area contributed by atoms with Gasteiger partial charge in [-0.05, 0) is 47.1 Å². The fourth-order valence-electron chi connectivity index (χ4n) is 3.09. The fraction of sp³-hybridized carbons (Fsp3) is 1.00. The van der Waals surface area contributed by atoms with E-state index < -0.39 is 0 Å². The summed E-state index contributed by atoms with van der Waals surface area (Å²) >= 11 is 0. The second kappa shape index (κ2) is 5.25. The molecular weight excluding hydrogens is 212 g/mol. The van der Waals surface area contributed by atoms with Crippen LogP contribution in [0.4, 0.5) is 0 Å². The van der Waals surface area contributed by atoms with Gasteiger partial charge in [-0.3, -0.25) is 9.80 Å². The third-order valence-corrected chi connectivity index (χ3v) is 4.47. The number of hydrogen-bond acceptors (Lipinski definition) is 3. The molecule has 0 saturated carbocycles. The lowest BCUT2D eigenvalue weighted by Gasteiger charge is -2.44. The highest BCUT2D eigenvalue weighted by Crippen LogP contribution is 2.25. The van der Waals surface area contributed by atoms with Crippen LogP contribution in [0.25, 0.3) is 0 Å². The first-order valence-corrected chi connectivity index (χ1v) is 7.03. The smallest absolute Gasteiger partial charge is 0.0622 e. The summed E-state index contributed by atoms with van der Waals surface area (Å²) in [6.07, 6.45) is 3.84. The molecule has 0 bridgehead atoms. The Morgan fingerprint density at radius 1 is 1.06 bits per heavy atom. The summed E-state index contributed by atoms with van der Waals surface area (Å²) in [5, 5.41) is 0. The molecule has 2 aliphatic heterocycles. The molecule has 0 aliphatic carbocycles. The second-order valence-electron chi connectivity index (χ2n) is 6.57. The Morgan fingerprint density at radius 2 is 1.71 bits per heavy atom. The largest absolute Gasteiger partial charge is 0.380 e. The van der Waals surface area contributed by atoms with Crippen LogP contribution in [0.5, 0.6) is 0 Å². The predicted molar refractivity (Wildman–Crippen MR) is 71.3 cm³/mol. The van der Waals surface area contributed by atoms with Gasteiger partial charge >= 0.3 is 0 Å². The molecule has 2 aliphatic rings. The van der Waals surface area contributed by atoms with E-state index >= 15 is 0 Å². The van der Waals surface area contributed by atoms with Crippen molar-refractivity contribution < 1.29 is 4.74 Å². The predicted octanol–water partition coefficient (Wildman–Crippen LogP) is 1.97. The Balaban J connectivity index is 1.82. The van der Waals surface area contributed by atoms with Gasteiger partial charge in [0.1, 0.15) is 0 Å². The van der Waals surface area contributed by atoms with Gasteiger partial charge in [-0.15, -0.1) is 0 Å². The van der Waals surface area contributed by atoms with Crippen LogP contribution in [0.1, 0.15) is 40.0 Å². The first-order valence-electron chi connectivity index (χ1n) is 7.03. The molecule has 0 spiro atoms. The molecular formula is C14H28N2O. The Hall–Kier alpha value is -0.120. The van der Waals surface area contributed by atoms with E-state index in [1.807, 2.05) is 0 Å². The zero-order chi connectivity index (χ0) is 12.5. The minimum absolute atomic E-state index is 0.333. The van der Waals surface area contributed by atoms with Crippen molar-refractivity contribution in [3.8, 4) is 0 Å². The summed E-state index contributed by atoms with van der Waals surface area (Å²) < 4.78 is 5.49. The molecule has 17 heavy (non-hydrogen) atoms. The maximum absolute atomic E-state index is 5.49. The van der Waals surface area contributed by atoms with Gasteiger partial charge in [0.15, 0.2) is 0 Å². The van der Waals surface area contributed by atoms with Gasteiger partial charge in [0.25, 0.3) is 0 Å². The third-order valence-electron chi connectivity index (χ3n) is 4.47. The van der Waals surface area contributed by atoms with E-state index in [1.54, 1.807) is 0 Å². The standard InChI is InChI=1S/C14H28N2O/c1-14(2,3)16-8-5-12(6-9-16)15(4)13-7-10-17-11-13/h12-13H,5-11H2,1-4H3/t13-/m1/s1. The van der Waals surface area contributed by atoms with Crippen molar-refractivity contribution in [1.29, 1.82) is 0 Å². The monoisotopic (exact) mass is 240 g/mol. The van der Waals surface area contributed by atoms with Gasteiger partial charge in [0, 0.05) is 37.3 Å². The number of nitrogens with zero attached hydrogens (tertiary/aromatic N) is 2. The first-order chi connectivity index (χ1) is 7.98. The molecule has 0 unspecified atom stereocenters. The molecule has 0 aromatic carbocycles. The van der Waals surface area contributed by atoms with Crippen molar-refractivity contribution >= 4 is 0 Å². The zero-order valence-corrected chi connectivity index (χ0v) is 11.9.